The van der Waals surface area contributed by atoms with Crippen molar-refractivity contribution in [1.82, 2.24) is 0 Å². The van der Waals surface area contributed by atoms with Gasteiger partial charge in [-0.05, 0) is 28.6 Å². The summed E-state index contributed by atoms with van der Waals surface area (Å²) < 4.78 is 10.5. The van der Waals surface area contributed by atoms with Crippen molar-refractivity contribution in [1.29, 1.82) is 0 Å². The molecule has 2 aromatic rings. The molecular formula is C16H21BO4. The van der Waals surface area contributed by atoms with Crippen LogP contribution in [-0.2, 0) is 6.61 Å². The molecule has 1 aliphatic rings. The highest BCUT2D eigenvalue weighted by atomic mass is 16.7. The topological polar surface area (TPSA) is 58.9 Å². The van der Waals surface area contributed by atoms with E-state index in [1.54, 1.807) is 18.2 Å². The lowest BCUT2D eigenvalue weighted by atomic mass is 9.56. The van der Waals surface area contributed by atoms with Gasteiger partial charge in [-0.25, -0.2) is 0 Å². The van der Waals surface area contributed by atoms with E-state index in [1.807, 2.05) is 24.3 Å². The second-order valence-electron chi connectivity index (χ2n) is 4.42. The van der Waals surface area contributed by atoms with Gasteiger partial charge in [0.1, 0.15) is 0 Å². The molecule has 0 unspecified atom stereocenters. The van der Waals surface area contributed by atoms with Crippen LogP contribution in [0.1, 0.15) is 20.4 Å². The minimum absolute atomic E-state index is 0. The molecule has 0 atom stereocenters. The average molecular weight is 288 g/mol. The van der Waals surface area contributed by atoms with E-state index in [0.29, 0.717) is 11.5 Å². The van der Waals surface area contributed by atoms with Crippen molar-refractivity contribution in [2.24, 2.45) is 0 Å². The van der Waals surface area contributed by atoms with Gasteiger partial charge >= 0.3 is 6.92 Å². The third-order valence-corrected chi connectivity index (χ3v) is 3.16. The van der Waals surface area contributed by atoms with Crippen LogP contribution in [0.25, 0.3) is 0 Å². The van der Waals surface area contributed by atoms with Gasteiger partial charge in [-0.15, -0.1) is 0 Å². The van der Waals surface area contributed by atoms with E-state index in [2.05, 4.69) is 0 Å². The standard InChI is InChI=1S/C14H13BO4.2CH4/c16-8-10-2-1-3-11(6-10)15(17)12-4-5-13-14(7-12)19-9-18-13;;/h1-7,16-17H,8-9H2;2*1H4. The number of benzene rings is 2. The molecule has 0 saturated heterocycles. The van der Waals surface area contributed by atoms with Gasteiger partial charge in [-0.3, -0.25) is 0 Å². The molecule has 0 saturated carbocycles. The van der Waals surface area contributed by atoms with Gasteiger partial charge in [-0.2, -0.15) is 0 Å². The van der Waals surface area contributed by atoms with Crippen LogP contribution in [0, 0.1) is 0 Å². The fourth-order valence-corrected chi connectivity index (χ4v) is 2.14. The highest BCUT2D eigenvalue weighted by Gasteiger charge is 2.21. The van der Waals surface area contributed by atoms with Crippen LogP contribution in [0.15, 0.2) is 42.5 Å². The van der Waals surface area contributed by atoms with Crippen molar-refractivity contribution < 1.29 is 19.6 Å². The summed E-state index contributed by atoms with van der Waals surface area (Å²) in [5, 5.41) is 19.5. The predicted molar refractivity (Wildman–Crippen MR) is 85.6 cm³/mol. The molecule has 0 bridgehead atoms. The lowest BCUT2D eigenvalue weighted by Gasteiger charge is -2.09. The second-order valence-corrected chi connectivity index (χ2v) is 4.42. The zero-order valence-corrected chi connectivity index (χ0v) is 10.2. The van der Waals surface area contributed by atoms with Crippen LogP contribution in [0.5, 0.6) is 11.5 Å². The molecule has 112 valence electrons. The van der Waals surface area contributed by atoms with Crippen LogP contribution in [-0.4, -0.2) is 23.8 Å². The van der Waals surface area contributed by atoms with Gasteiger partial charge in [0.2, 0.25) is 6.79 Å². The number of rotatable bonds is 3. The minimum atomic E-state index is -0.749. The lowest BCUT2D eigenvalue weighted by molar-refractivity contribution is 0.174. The number of hydrogen-bond donors (Lipinski definition) is 2. The van der Waals surface area contributed by atoms with E-state index in [9.17, 15) is 5.02 Å². The number of ether oxygens (including phenoxy) is 2. The molecule has 0 fully saturated rings. The van der Waals surface area contributed by atoms with E-state index in [1.165, 1.54) is 0 Å². The molecule has 3 rings (SSSR count). The quantitative estimate of drug-likeness (QED) is 0.835. The summed E-state index contributed by atoms with van der Waals surface area (Å²) in [5.74, 6) is 1.34. The number of hydrogen-bond acceptors (Lipinski definition) is 4. The summed E-state index contributed by atoms with van der Waals surface area (Å²) in [4.78, 5) is 0. The summed E-state index contributed by atoms with van der Waals surface area (Å²) in [6.45, 7) is -0.572. The highest BCUT2D eigenvalue weighted by molar-refractivity contribution is 6.78. The largest absolute Gasteiger partial charge is 0.454 e. The Bertz CT molecular complexity index is 601. The summed E-state index contributed by atoms with van der Waals surface area (Å²) in [6.07, 6.45) is 0. The fraction of sp³-hybridized carbons (Fsp3) is 0.250. The van der Waals surface area contributed by atoms with Crippen molar-refractivity contribution in [3.8, 4) is 11.5 Å². The highest BCUT2D eigenvalue weighted by Crippen LogP contribution is 2.29. The normalized spacial score (nSPS) is 11.3. The first-order valence-electron chi connectivity index (χ1n) is 6.05. The molecule has 0 aliphatic carbocycles. The summed E-state index contributed by atoms with van der Waals surface area (Å²) in [5.41, 5.74) is 2.25. The van der Waals surface area contributed by atoms with Crippen LogP contribution in [0.2, 0.25) is 0 Å². The lowest BCUT2D eigenvalue weighted by Crippen LogP contribution is -2.42. The molecule has 1 aliphatic heterocycles. The molecule has 0 aromatic heterocycles. The first kappa shape index (κ1) is 17.1. The van der Waals surface area contributed by atoms with Crippen molar-refractivity contribution in [2.45, 2.75) is 21.5 Å². The smallest absolute Gasteiger partial charge is 0.359 e. The van der Waals surface area contributed by atoms with Crippen LogP contribution < -0.4 is 20.4 Å². The minimum Gasteiger partial charge on any atom is -0.454 e. The predicted octanol–water partition coefficient (Wildman–Crippen LogP) is 1.28. The monoisotopic (exact) mass is 288 g/mol. The van der Waals surface area contributed by atoms with Gasteiger partial charge in [0, 0.05) is 0 Å². The average Bonchev–Trinajstić information content (AvgIpc) is 2.94. The summed E-state index contributed by atoms with van der Waals surface area (Å²) >= 11 is 0. The van der Waals surface area contributed by atoms with Crippen molar-refractivity contribution in [3.63, 3.8) is 0 Å². The Labute approximate surface area is 126 Å². The molecule has 1 heterocycles. The summed E-state index contributed by atoms with van der Waals surface area (Å²) in [6, 6.07) is 12.6. The second kappa shape index (κ2) is 7.15. The van der Waals surface area contributed by atoms with E-state index in [4.69, 9.17) is 14.6 Å². The van der Waals surface area contributed by atoms with Crippen LogP contribution in [0.4, 0.5) is 0 Å². The van der Waals surface area contributed by atoms with Crippen molar-refractivity contribution in [3.05, 3.63) is 48.0 Å². The van der Waals surface area contributed by atoms with E-state index in [-0.39, 0.29) is 28.3 Å². The van der Waals surface area contributed by atoms with E-state index in [0.717, 1.165) is 16.5 Å². The Morgan fingerprint density at radius 1 is 0.952 bits per heavy atom. The molecule has 4 nitrogen and oxygen atoms in total. The van der Waals surface area contributed by atoms with Gasteiger partial charge in [0.05, 0.1) is 6.61 Å². The van der Waals surface area contributed by atoms with Crippen molar-refractivity contribution >= 4 is 17.8 Å². The molecule has 0 amide bonds. The third-order valence-electron chi connectivity index (χ3n) is 3.16. The Hall–Kier alpha value is -1.98. The number of aliphatic hydroxyl groups excluding tert-OH is 1. The van der Waals surface area contributed by atoms with Gasteiger partial charge < -0.3 is 19.6 Å². The SMILES string of the molecule is C.C.OCc1cccc(B(O)c2ccc3c(c2)OCO3)c1. The zero-order chi connectivity index (χ0) is 13.2. The fourth-order valence-electron chi connectivity index (χ4n) is 2.14. The zero-order valence-electron chi connectivity index (χ0n) is 10.2. The molecular weight excluding hydrogens is 267 g/mol. The molecule has 21 heavy (non-hydrogen) atoms. The molecule has 0 radical (unpaired) electrons. The maximum atomic E-state index is 10.4. The third kappa shape index (κ3) is 3.38. The van der Waals surface area contributed by atoms with E-state index < -0.39 is 6.92 Å². The Morgan fingerprint density at radius 3 is 2.43 bits per heavy atom. The van der Waals surface area contributed by atoms with Crippen LogP contribution in [0.3, 0.4) is 0 Å². The van der Waals surface area contributed by atoms with Gasteiger partial charge in [-0.1, -0.05) is 45.2 Å². The van der Waals surface area contributed by atoms with Crippen LogP contribution >= 0.6 is 0 Å². The summed E-state index contributed by atoms with van der Waals surface area (Å²) in [7, 11) is 0. The van der Waals surface area contributed by atoms with Gasteiger partial charge in [0.15, 0.2) is 11.5 Å². The molecule has 0 spiro atoms. The first-order valence-corrected chi connectivity index (χ1v) is 6.05. The molecule has 2 aromatic carbocycles. The number of aliphatic hydroxyl groups is 1. The molecule has 2 N–H and O–H groups in total. The molecule has 5 heteroatoms. The maximum absolute atomic E-state index is 10.4. The van der Waals surface area contributed by atoms with Crippen molar-refractivity contribution in [2.75, 3.05) is 6.79 Å². The number of fused-ring (bicyclic) bond motifs is 1. The Balaban J connectivity index is 0.00000110. The van der Waals surface area contributed by atoms with Gasteiger partial charge in [0.25, 0.3) is 0 Å². The maximum Gasteiger partial charge on any atom is 0.359 e. The Kier molecular flexibility index (Phi) is 5.82. The van der Waals surface area contributed by atoms with E-state index >= 15 is 0 Å². The Morgan fingerprint density at radius 2 is 1.67 bits per heavy atom. The first-order chi connectivity index (χ1) is 9.28.